The maximum atomic E-state index is 5.02. The molecule has 0 bridgehead atoms. The lowest BCUT2D eigenvalue weighted by Gasteiger charge is -2.26. The minimum absolute atomic E-state index is 0.802. The first-order chi connectivity index (χ1) is 7.90. The summed E-state index contributed by atoms with van der Waals surface area (Å²) in [5, 5.41) is 3.35. The zero-order valence-electron chi connectivity index (χ0n) is 9.98. The van der Waals surface area contributed by atoms with E-state index in [0.29, 0.717) is 0 Å². The first kappa shape index (κ1) is 11.5. The van der Waals surface area contributed by atoms with E-state index in [-0.39, 0.29) is 0 Å². The number of ether oxygens (including phenoxy) is 1. The molecule has 0 aromatic carbocycles. The molecule has 4 nitrogen and oxygen atoms in total. The van der Waals surface area contributed by atoms with Crippen LogP contribution in [0.1, 0.15) is 25.7 Å². The number of nitrogens with zero attached hydrogens (tertiary/aromatic N) is 2. The summed E-state index contributed by atoms with van der Waals surface area (Å²) in [5.74, 6) is 1.87. The van der Waals surface area contributed by atoms with Gasteiger partial charge in [0, 0.05) is 39.2 Å². The van der Waals surface area contributed by atoms with Crippen molar-refractivity contribution in [2.24, 2.45) is 5.92 Å². The smallest absolute Gasteiger partial charge is 0.202 e. The van der Waals surface area contributed by atoms with Crippen molar-refractivity contribution in [2.45, 2.75) is 32.2 Å². The van der Waals surface area contributed by atoms with Crippen LogP contribution in [-0.2, 0) is 11.3 Å². The normalized spacial score (nSPS) is 16.1. The fraction of sp³-hybridized carbons (Fsp3) is 0.750. The molecule has 0 saturated heterocycles. The van der Waals surface area contributed by atoms with Gasteiger partial charge in [0.05, 0.1) is 0 Å². The van der Waals surface area contributed by atoms with E-state index in [1.807, 2.05) is 6.20 Å². The number of hydrogen-bond donors (Lipinski definition) is 1. The van der Waals surface area contributed by atoms with Gasteiger partial charge in [-0.15, -0.1) is 0 Å². The molecule has 1 aromatic heterocycles. The molecule has 0 atom stereocenters. The Labute approximate surface area is 97.0 Å². The van der Waals surface area contributed by atoms with Crippen LogP contribution in [0.5, 0.6) is 0 Å². The van der Waals surface area contributed by atoms with E-state index in [4.69, 9.17) is 4.74 Å². The molecule has 1 fully saturated rings. The van der Waals surface area contributed by atoms with E-state index in [1.165, 1.54) is 19.3 Å². The molecule has 1 aliphatic rings. The first-order valence-corrected chi connectivity index (χ1v) is 6.14. The predicted molar refractivity (Wildman–Crippen MR) is 64.6 cm³/mol. The van der Waals surface area contributed by atoms with Gasteiger partial charge in [-0.1, -0.05) is 6.42 Å². The number of anilines is 1. The van der Waals surface area contributed by atoms with Crippen molar-refractivity contribution in [2.75, 3.05) is 25.6 Å². The minimum atomic E-state index is 0.802. The van der Waals surface area contributed by atoms with Crippen LogP contribution in [0.4, 0.5) is 5.95 Å². The van der Waals surface area contributed by atoms with Crippen molar-refractivity contribution in [3.8, 4) is 0 Å². The maximum Gasteiger partial charge on any atom is 0.202 e. The Hall–Kier alpha value is -1.03. The molecule has 1 saturated carbocycles. The average molecular weight is 223 g/mol. The molecular weight excluding hydrogens is 202 g/mol. The van der Waals surface area contributed by atoms with Gasteiger partial charge in [0.25, 0.3) is 0 Å². The van der Waals surface area contributed by atoms with E-state index >= 15 is 0 Å². The van der Waals surface area contributed by atoms with Gasteiger partial charge >= 0.3 is 0 Å². The SMILES string of the molecule is COCCCNc1nccn1CC1CCC1. The Balaban J connectivity index is 1.76. The number of methoxy groups -OCH3 is 1. The van der Waals surface area contributed by atoms with Crippen LogP contribution in [0.3, 0.4) is 0 Å². The van der Waals surface area contributed by atoms with E-state index in [1.54, 1.807) is 7.11 Å². The third kappa shape index (κ3) is 2.98. The number of aromatic nitrogens is 2. The van der Waals surface area contributed by atoms with Crippen molar-refractivity contribution in [3.63, 3.8) is 0 Å². The molecule has 1 aliphatic carbocycles. The Morgan fingerprint density at radius 3 is 3.12 bits per heavy atom. The molecule has 1 heterocycles. The summed E-state index contributed by atoms with van der Waals surface area (Å²) in [5.41, 5.74) is 0. The number of nitrogens with one attached hydrogen (secondary N) is 1. The summed E-state index contributed by atoms with van der Waals surface area (Å²) in [6, 6.07) is 0. The Kier molecular flexibility index (Phi) is 4.22. The molecule has 2 rings (SSSR count). The summed E-state index contributed by atoms with van der Waals surface area (Å²) in [6.07, 6.45) is 9.11. The number of imidazole rings is 1. The summed E-state index contributed by atoms with van der Waals surface area (Å²) in [7, 11) is 1.73. The average Bonchev–Trinajstić information content (AvgIpc) is 2.66. The lowest BCUT2D eigenvalue weighted by molar-refractivity contribution is 0.197. The molecule has 0 radical (unpaired) electrons. The van der Waals surface area contributed by atoms with Gasteiger partial charge in [-0.3, -0.25) is 0 Å². The van der Waals surface area contributed by atoms with Gasteiger partial charge in [-0.2, -0.15) is 0 Å². The van der Waals surface area contributed by atoms with Crippen molar-refractivity contribution >= 4 is 5.95 Å². The summed E-state index contributed by atoms with van der Waals surface area (Å²) in [4.78, 5) is 4.34. The summed E-state index contributed by atoms with van der Waals surface area (Å²) < 4.78 is 7.25. The highest BCUT2D eigenvalue weighted by molar-refractivity contribution is 5.25. The molecular formula is C12H21N3O. The fourth-order valence-corrected chi connectivity index (χ4v) is 1.99. The molecule has 0 amide bonds. The molecule has 0 aliphatic heterocycles. The quantitative estimate of drug-likeness (QED) is 0.720. The Morgan fingerprint density at radius 1 is 1.56 bits per heavy atom. The van der Waals surface area contributed by atoms with Gasteiger partial charge in [-0.25, -0.2) is 4.98 Å². The topological polar surface area (TPSA) is 39.1 Å². The first-order valence-electron chi connectivity index (χ1n) is 6.14. The van der Waals surface area contributed by atoms with Gasteiger partial charge < -0.3 is 14.6 Å². The van der Waals surface area contributed by atoms with Crippen molar-refractivity contribution < 1.29 is 4.74 Å². The second kappa shape index (κ2) is 5.89. The highest BCUT2D eigenvalue weighted by atomic mass is 16.5. The van der Waals surface area contributed by atoms with Crippen molar-refractivity contribution in [1.29, 1.82) is 0 Å². The van der Waals surface area contributed by atoms with Crippen molar-refractivity contribution in [1.82, 2.24) is 9.55 Å². The third-order valence-electron chi connectivity index (χ3n) is 3.20. The van der Waals surface area contributed by atoms with Crippen LogP contribution < -0.4 is 5.32 Å². The standard InChI is InChI=1S/C12H21N3O/c1-16-9-3-6-13-12-14-7-8-15(12)10-11-4-2-5-11/h7-8,11H,2-6,9-10H2,1H3,(H,13,14). The molecule has 0 unspecified atom stereocenters. The van der Waals surface area contributed by atoms with Gasteiger partial charge in [0.15, 0.2) is 0 Å². The molecule has 0 spiro atoms. The van der Waals surface area contributed by atoms with Crippen LogP contribution in [0.25, 0.3) is 0 Å². The third-order valence-corrected chi connectivity index (χ3v) is 3.20. The molecule has 90 valence electrons. The minimum Gasteiger partial charge on any atom is -0.385 e. The Morgan fingerprint density at radius 2 is 2.44 bits per heavy atom. The van der Waals surface area contributed by atoms with E-state index in [9.17, 15) is 0 Å². The van der Waals surface area contributed by atoms with Gasteiger partial charge in [0.2, 0.25) is 5.95 Å². The van der Waals surface area contributed by atoms with Gasteiger partial charge in [-0.05, 0) is 25.2 Å². The summed E-state index contributed by atoms with van der Waals surface area (Å²) in [6.45, 7) is 2.85. The highest BCUT2D eigenvalue weighted by Gasteiger charge is 2.18. The fourth-order valence-electron chi connectivity index (χ4n) is 1.99. The monoisotopic (exact) mass is 223 g/mol. The summed E-state index contributed by atoms with van der Waals surface area (Å²) >= 11 is 0. The van der Waals surface area contributed by atoms with E-state index in [2.05, 4.69) is 21.1 Å². The van der Waals surface area contributed by atoms with Crippen molar-refractivity contribution in [3.05, 3.63) is 12.4 Å². The predicted octanol–water partition coefficient (Wildman–Crippen LogP) is 2.13. The Bertz CT molecular complexity index is 307. The molecule has 1 N–H and O–H groups in total. The molecule has 4 heteroatoms. The highest BCUT2D eigenvalue weighted by Crippen LogP contribution is 2.28. The second-order valence-corrected chi connectivity index (χ2v) is 4.47. The van der Waals surface area contributed by atoms with E-state index < -0.39 is 0 Å². The lowest BCUT2D eigenvalue weighted by Crippen LogP contribution is -2.19. The number of hydrogen-bond acceptors (Lipinski definition) is 3. The second-order valence-electron chi connectivity index (χ2n) is 4.47. The van der Waals surface area contributed by atoms with Crippen LogP contribution in [0, 0.1) is 5.92 Å². The largest absolute Gasteiger partial charge is 0.385 e. The number of rotatable bonds is 7. The van der Waals surface area contributed by atoms with Crippen LogP contribution >= 0.6 is 0 Å². The van der Waals surface area contributed by atoms with E-state index in [0.717, 1.165) is 38.0 Å². The molecule has 1 aromatic rings. The zero-order valence-corrected chi connectivity index (χ0v) is 9.98. The van der Waals surface area contributed by atoms with Crippen LogP contribution in [-0.4, -0.2) is 29.8 Å². The van der Waals surface area contributed by atoms with Gasteiger partial charge in [0.1, 0.15) is 0 Å². The lowest BCUT2D eigenvalue weighted by atomic mass is 9.85. The van der Waals surface area contributed by atoms with Crippen LogP contribution in [0.2, 0.25) is 0 Å². The molecule has 16 heavy (non-hydrogen) atoms. The van der Waals surface area contributed by atoms with Crippen LogP contribution in [0.15, 0.2) is 12.4 Å². The zero-order chi connectivity index (χ0) is 11.2. The maximum absolute atomic E-state index is 5.02.